The minimum Gasteiger partial charge on any atom is -0.494 e. The maximum Gasteiger partial charge on any atom is 0.356 e. The molecule has 1 aromatic heterocycles. The van der Waals surface area contributed by atoms with Crippen molar-refractivity contribution in [2.45, 2.75) is 6.92 Å². The van der Waals surface area contributed by atoms with Crippen LogP contribution in [0.4, 0.5) is 4.39 Å². The van der Waals surface area contributed by atoms with Gasteiger partial charge < -0.3 is 9.47 Å². The summed E-state index contributed by atoms with van der Waals surface area (Å²) in [5, 5.41) is 0. The number of rotatable bonds is 4. The number of benzene rings is 1. The molecule has 1 heterocycles. The Hall–Kier alpha value is -2.43. The smallest absolute Gasteiger partial charge is 0.356 e. The first-order valence-electron chi connectivity index (χ1n) is 6.13. The second-order valence-electron chi connectivity index (χ2n) is 4.00. The molecule has 0 bridgehead atoms. The number of hydrogen-bond acceptors (Lipinski definition) is 4. The highest BCUT2D eigenvalue weighted by atomic mass is 19.1. The number of nitrogens with zero attached hydrogens (tertiary/aromatic N) is 1. The van der Waals surface area contributed by atoms with Gasteiger partial charge in [0.2, 0.25) is 0 Å². The van der Waals surface area contributed by atoms with Crippen molar-refractivity contribution in [3.05, 3.63) is 47.9 Å². The summed E-state index contributed by atoms with van der Waals surface area (Å²) < 4.78 is 23.4. The van der Waals surface area contributed by atoms with E-state index < -0.39 is 11.8 Å². The Morgan fingerprint density at radius 2 is 1.95 bits per heavy atom. The lowest BCUT2D eigenvalue weighted by molar-refractivity contribution is 0.0593. The van der Waals surface area contributed by atoms with Crippen molar-refractivity contribution in [2.24, 2.45) is 0 Å². The standard InChI is InChI=1S/C15H14FNO3/c1-3-20-12-6-4-10(5-7-12)13-8-11(16)9-14(17-13)15(18)19-2/h4-9H,3H2,1-2H3. The van der Waals surface area contributed by atoms with E-state index in [1.807, 2.05) is 6.92 Å². The minimum atomic E-state index is -0.670. The molecule has 0 aliphatic rings. The third kappa shape index (κ3) is 3.12. The van der Waals surface area contributed by atoms with Crippen LogP contribution in [0.5, 0.6) is 5.75 Å². The number of hydrogen-bond donors (Lipinski definition) is 0. The lowest BCUT2D eigenvalue weighted by atomic mass is 10.1. The van der Waals surface area contributed by atoms with E-state index in [0.29, 0.717) is 17.9 Å². The highest BCUT2D eigenvalue weighted by Gasteiger charge is 2.12. The first-order chi connectivity index (χ1) is 9.63. The van der Waals surface area contributed by atoms with Gasteiger partial charge in [0.05, 0.1) is 19.4 Å². The number of pyridine rings is 1. The molecule has 2 rings (SSSR count). The van der Waals surface area contributed by atoms with E-state index in [4.69, 9.17) is 4.74 Å². The molecule has 0 unspecified atom stereocenters. The Morgan fingerprint density at radius 1 is 1.25 bits per heavy atom. The molecule has 0 spiro atoms. The minimum absolute atomic E-state index is 0.0589. The Bertz CT molecular complexity index is 611. The number of ether oxygens (including phenoxy) is 2. The number of esters is 1. The average Bonchev–Trinajstić information content (AvgIpc) is 2.47. The zero-order valence-corrected chi connectivity index (χ0v) is 11.2. The summed E-state index contributed by atoms with van der Waals surface area (Å²) in [6, 6.07) is 9.36. The van der Waals surface area contributed by atoms with E-state index >= 15 is 0 Å². The van der Waals surface area contributed by atoms with Crippen LogP contribution in [0, 0.1) is 5.82 Å². The Kier molecular flexibility index (Phi) is 4.30. The van der Waals surface area contributed by atoms with E-state index in [9.17, 15) is 9.18 Å². The lowest BCUT2D eigenvalue weighted by Crippen LogP contribution is -2.05. The van der Waals surface area contributed by atoms with Gasteiger partial charge >= 0.3 is 5.97 Å². The molecule has 0 radical (unpaired) electrons. The molecule has 4 nitrogen and oxygen atoms in total. The number of carbonyl (C=O) groups is 1. The van der Waals surface area contributed by atoms with Crippen LogP contribution in [0.1, 0.15) is 17.4 Å². The van der Waals surface area contributed by atoms with E-state index in [-0.39, 0.29) is 5.69 Å². The molecule has 0 aliphatic heterocycles. The molecule has 5 heteroatoms. The second kappa shape index (κ2) is 6.14. The fourth-order valence-corrected chi connectivity index (χ4v) is 1.74. The fourth-order valence-electron chi connectivity index (χ4n) is 1.74. The quantitative estimate of drug-likeness (QED) is 0.805. The molecule has 104 valence electrons. The van der Waals surface area contributed by atoms with Crippen LogP contribution >= 0.6 is 0 Å². The summed E-state index contributed by atoms with van der Waals surface area (Å²) in [6.07, 6.45) is 0. The third-order valence-corrected chi connectivity index (χ3v) is 2.65. The van der Waals surface area contributed by atoms with Crippen LogP contribution in [-0.2, 0) is 4.74 Å². The molecular formula is C15H14FNO3. The largest absolute Gasteiger partial charge is 0.494 e. The van der Waals surface area contributed by atoms with Crippen molar-refractivity contribution in [1.29, 1.82) is 0 Å². The van der Waals surface area contributed by atoms with Crippen molar-refractivity contribution in [1.82, 2.24) is 4.98 Å². The highest BCUT2D eigenvalue weighted by Crippen LogP contribution is 2.22. The first kappa shape index (κ1) is 14.0. The predicted octanol–water partition coefficient (Wildman–Crippen LogP) is 3.07. The van der Waals surface area contributed by atoms with Crippen molar-refractivity contribution < 1.29 is 18.7 Å². The molecule has 0 atom stereocenters. The molecule has 0 fully saturated rings. The van der Waals surface area contributed by atoms with E-state index in [1.54, 1.807) is 24.3 Å². The monoisotopic (exact) mass is 275 g/mol. The molecular weight excluding hydrogens is 261 g/mol. The van der Waals surface area contributed by atoms with Crippen LogP contribution in [0.15, 0.2) is 36.4 Å². The SMILES string of the molecule is CCOc1ccc(-c2cc(F)cc(C(=O)OC)n2)cc1. The molecule has 20 heavy (non-hydrogen) atoms. The van der Waals surface area contributed by atoms with Crippen LogP contribution in [0.3, 0.4) is 0 Å². The van der Waals surface area contributed by atoms with Gasteiger partial charge in [0.1, 0.15) is 11.6 Å². The predicted molar refractivity (Wildman–Crippen MR) is 72.1 cm³/mol. The maximum absolute atomic E-state index is 13.5. The van der Waals surface area contributed by atoms with Crippen LogP contribution in [-0.4, -0.2) is 24.7 Å². The van der Waals surface area contributed by atoms with E-state index in [2.05, 4.69) is 9.72 Å². The van der Waals surface area contributed by atoms with E-state index in [0.717, 1.165) is 11.8 Å². The number of halogens is 1. The van der Waals surface area contributed by atoms with Gasteiger partial charge in [-0.3, -0.25) is 0 Å². The van der Waals surface area contributed by atoms with Crippen LogP contribution in [0.2, 0.25) is 0 Å². The summed E-state index contributed by atoms with van der Waals surface area (Å²) in [7, 11) is 1.23. The lowest BCUT2D eigenvalue weighted by Gasteiger charge is -2.06. The van der Waals surface area contributed by atoms with Gasteiger partial charge in [-0.15, -0.1) is 0 Å². The molecule has 0 amide bonds. The van der Waals surface area contributed by atoms with Crippen LogP contribution < -0.4 is 4.74 Å². The fraction of sp³-hybridized carbons (Fsp3) is 0.200. The normalized spacial score (nSPS) is 10.2. The van der Waals surface area contributed by atoms with Gasteiger partial charge in [-0.05, 0) is 31.2 Å². The van der Waals surface area contributed by atoms with Gasteiger partial charge in [-0.2, -0.15) is 0 Å². The second-order valence-corrected chi connectivity index (χ2v) is 4.00. The average molecular weight is 275 g/mol. The summed E-state index contributed by atoms with van der Waals surface area (Å²) >= 11 is 0. The Balaban J connectivity index is 2.36. The van der Waals surface area contributed by atoms with Gasteiger partial charge in [0.25, 0.3) is 0 Å². The molecule has 1 aromatic carbocycles. The van der Waals surface area contributed by atoms with Crippen molar-refractivity contribution in [2.75, 3.05) is 13.7 Å². The molecule has 0 saturated carbocycles. The zero-order valence-electron chi connectivity index (χ0n) is 11.2. The van der Waals surface area contributed by atoms with E-state index in [1.165, 1.54) is 13.2 Å². The first-order valence-corrected chi connectivity index (χ1v) is 6.13. The van der Waals surface area contributed by atoms with Crippen molar-refractivity contribution in [3.8, 4) is 17.0 Å². The van der Waals surface area contributed by atoms with Gasteiger partial charge in [0.15, 0.2) is 5.69 Å². The molecule has 0 aliphatic carbocycles. The molecule has 0 saturated heterocycles. The summed E-state index contributed by atoms with van der Waals surface area (Å²) in [5.74, 6) is -0.484. The third-order valence-electron chi connectivity index (χ3n) is 2.65. The highest BCUT2D eigenvalue weighted by molar-refractivity contribution is 5.87. The summed E-state index contributed by atoms with van der Waals surface area (Å²) in [5.41, 5.74) is 1.00. The number of carbonyl (C=O) groups excluding carboxylic acids is 1. The number of methoxy groups -OCH3 is 1. The Labute approximate surface area is 116 Å². The van der Waals surface area contributed by atoms with Gasteiger partial charge in [0, 0.05) is 17.7 Å². The van der Waals surface area contributed by atoms with Gasteiger partial charge in [-0.25, -0.2) is 14.2 Å². The van der Waals surface area contributed by atoms with Gasteiger partial charge in [-0.1, -0.05) is 0 Å². The summed E-state index contributed by atoms with van der Waals surface area (Å²) in [4.78, 5) is 15.5. The zero-order chi connectivity index (χ0) is 14.5. The Morgan fingerprint density at radius 3 is 2.55 bits per heavy atom. The van der Waals surface area contributed by atoms with Crippen molar-refractivity contribution >= 4 is 5.97 Å². The molecule has 0 N–H and O–H groups in total. The van der Waals surface area contributed by atoms with Crippen LogP contribution in [0.25, 0.3) is 11.3 Å². The topological polar surface area (TPSA) is 48.4 Å². The van der Waals surface area contributed by atoms with Crippen molar-refractivity contribution in [3.63, 3.8) is 0 Å². The number of aromatic nitrogens is 1. The summed E-state index contributed by atoms with van der Waals surface area (Å²) in [6.45, 7) is 2.47. The maximum atomic E-state index is 13.5. The molecule has 2 aromatic rings.